The van der Waals surface area contributed by atoms with Gasteiger partial charge < -0.3 is 0 Å². The largest absolute Gasteiger partial charge is 0.289 e. The summed E-state index contributed by atoms with van der Waals surface area (Å²) in [6.45, 7) is 0. The minimum atomic E-state index is -0.380. The molecule has 0 saturated heterocycles. The van der Waals surface area contributed by atoms with Gasteiger partial charge in [-0.05, 0) is 23.8 Å². The molecule has 0 aromatic heterocycles. The molecule has 23 heavy (non-hydrogen) atoms. The third-order valence-electron chi connectivity index (χ3n) is 4.39. The highest BCUT2D eigenvalue weighted by Gasteiger charge is 2.49. The Bertz CT molecular complexity index is 769. The highest BCUT2D eigenvalue weighted by Crippen LogP contribution is 2.51. The molecule has 2 atom stereocenters. The maximum atomic E-state index is 12.6. The normalized spacial score (nSPS) is 26.2. The molecule has 0 bridgehead atoms. The summed E-state index contributed by atoms with van der Waals surface area (Å²) in [6.07, 6.45) is 8.24. The monoisotopic (exact) mass is 319 g/mol. The van der Waals surface area contributed by atoms with Crippen molar-refractivity contribution >= 4 is 23.4 Å². The van der Waals surface area contributed by atoms with E-state index in [0.717, 1.165) is 11.4 Å². The van der Waals surface area contributed by atoms with E-state index in [1.54, 1.807) is 6.08 Å². The van der Waals surface area contributed by atoms with Crippen molar-refractivity contribution in [3.05, 3.63) is 90.5 Å². The Balaban J connectivity index is 1.85. The van der Waals surface area contributed by atoms with Gasteiger partial charge >= 0.3 is 0 Å². The first-order valence-corrected chi connectivity index (χ1v) is 8.74. The van der Waals surface area contributed by atoms with Crippen LogP contribution < -0.4 is 4.90 Å². The van der Waals surface area contributed by atoms with Crippen molar-refractivity contribution in [1.29, 1.82) is 0 Å². The van der Waals surface area contributed by atoms with Crippen LogP contribution >= 0.6 is 11.8 Å². The standard InChI is InChI=1S/C20H17NOS/c22-19-13-14-20(21(19)17-10-5-2-6-11-17)18(12-7-15-23-20)16-8-3-1-4-9-16/h1-14,18H,15H2/t18-,20+/m0/s1. The smallest absolute Gasteiger partial charge is 0.252 e. The average Bonchev–Trinajstić information content (AvgIpc) is 2.93. The number of carbonyl (C=O) groups excluding carboxylic acids is 1. The minimum absolute atomic E-state index is 0.0555. The van der Waals surface area contributed by atoms with Gasteiger partial charge in [0.1, 0.15) is 4.87 Å². The Morgan fingerprint density at radius 2 is 1.70 bits per heavy atom. The zero-order valence-corrected chi connectivity index (χ0v) is 13.4. The summed E-state index contributed by atoms with van der Waals surface area (Å²) in [7, 11) is 0. The Morgan fingerprint density at radius 1 is 1.00 bits per heavy atom. The van der Waals surface area contributed by atoms with E-state index in [1.165, 1.54) is 5.56 Å². The number of hydrogen-bond acceptors (Lipinski definition) is 2. The lowest BCUT2D eigenvalue weighted by atomic mass is 9.89. The van der Waals surface area contributed by atoms with Crippen molar-refractivity contribution in [2.45, 2.75) is 10.8 Å². The van der Waals surface area contributed by atoms with E-state index in [-0.39, 0.29) is 16.7 Å². The summed E-state index contributed by atoms with van der Waals surface area (Å²) < 4.78 is 0. The fraction of sp³-hybridized carbons (Fsp3) is 0.150. The van der Waals surface area contributed by atoms with Gasteiger partial charge in [-0.2, -0.15) is 0 Å². The third-order valence-corrected chi connectivity index (χ3v) is 5.79. The predicted molar refractivity (Wildman–Crippen MR) is 96.6 cm³/mol. The molecule has 1 spiro atoms. The van der Waals surface area contributed by atoms with Crippen LogP contribution in [0.1, 0.15) is 11.5 Å². The fourth-order valence-corrected chi connectivity index (χ4v) is 4.74. The molecule has 0 aliphatic carbocycles. The second-order valence-corrected chi connectivity index (χ2v) is 7.00. The molecule has 0 saturated carbocycles. The molecule has 0 radical (unpaired) electrons. The van der Waals surface area contributed by atoms with Crippen molar-refractivity contribution < 1.29 is 4.79 Å². The molecule has 0 unspecified atom stereocenters. The van der Waals surface area contributed by atoms with Gasteiger partial charge in [0.25, 0.3) is 5.91 Å². The van der Waals surface area contributed by atoms with Gasteiger partial charge in [-0.1, -0.05) is 60.7 Å². The Hall–Kier alpha value is -2.26. The number of thioether (sulfide) groups is 1. The van der Waals surface area contributed by atoms with Crippen molar-refractivity contribution in [1.82, 2.24) is 0 Å². The number of para-hydroxylation sites is 1. The van der Waals surface area contributed by atoms with Crippen molar-refractivity contribution in [3.8, 4) is 0 Å². The molecule has 3 heteroatoms. The van der Waals surface area contributed by atoms with Crippen molar-refractivity contribution in [3.63, 3.8) is 0 Å². The second-order valence-electron chi connectivity index (χ2n) is 5.72. The maximum Gasteiger partial charge on any atom is 0.252 e. The summed E-state index contributed by atoms with van der Waals surface area (Å²) in [5, 5.41) is 0. The number of anilines is 1. The molecule has 0 N–H and O–H groups in total. The van der Waals surface area contributed by atoms with E-state index in [9.17, 15) is 4.79 Å². The quantitative estimate of drug-likeness (QED) is 0.766. The van der Waals surface area contributed by atoms with Gasteiger partial charge in [-0.25, -0.2) is 0 Å². The summed E-state index contributed by atoms with van der Waals surface area (Å²) in [6, 6.07) is 20.4. The molecule has 2 aromatic rings. The summed E-state index contributed by atoms with van der Waals surface area (Å²) in [4.78, 5) is 14.2. The summed E-state index contributed by atoms with van der Waals surface area (Å²) >= 11 is 1.81. The van der Waals surface area contributed by atoms with Crippen molar-refractivity contribution in [2.24, 2.45) is 0 Å². The molecule has 114 valence electrons. The van der Waals surface area contributed by atoms with Gasteiger partial charge in [0, 0.05) is 23.4 Å². The van der Waals surface area contributed by atoms with E-state index in [1.807, 2.05) is 53.1 Å². The fourth-order valence-electron chi connectivity index (χ4n) is 3.38. The van der Waals surface area contributed by atoms with Crippen molar-refractivity contribution in [2.75, 3.05) is 10.7 Å². The number of amides is 1. The number of rotatable bonds is 2. The van der Waals surface area contributed by atoms with Gasteiger partial charge in [0.15, 0.2) is 0 Å². The minimum Gasteiger partial charge on any atom is -0.289 e. The van der Waals surface area contributed by atoms with Crippen LogP contribution in [0, 0.1) is 0 Å². The number of nitrogens with zero attached hydrogens (tertiary/aromatic N) is 1. The molecule has 2 aliphatic rings. The lowest BCUT2D eigenvalue weighted by Gasteiger charge is -2.44. The Labute approximate surface area is 140 Å². The van der Waals surface area contributed by atoms with E-state index in [0.29, 0.717) is 0 Å². The molecule has 2 heterocycles. The average molecular weight is 319 g/mol. The summed E-state index contributed by atoms with van der Waals surface area (Å²) in [5.74, 6) is 1.11. The van der Waals surface area contributed by atoms with Crippen LogP contribution in [0.5, 0.6) is 0 Å². The maximum absolute atomic E-state index is 12.6. The van der Waals surface area contributed by atoms with E-state index < -0.39 is 0 Å². The zero-order valence-electron chi connectivity index (χ0n) is 12.6. The SMILES string of the molecule is O=C1C=C[C@]2(SCC=C[C@H]2c2ccccc2)N1c1ccccc1. The molecule has 2 nitrogen and oxygen atoms in total. The molecule has 1 amide bonds. The Kier molecular flexibility index (Phi) is 3.58. The first kappa shape index (κ1) is 14.3. The van der Waals surface area contributed by atoms with Crippen LogP contribution in [-0.2, 0) is 4.79 Å². The highest BCUT2D eigenvalue weighted by molar-refractivity contribution is 8.01. The number of benzene rings is 2. The summed E-state index contributed by atoms with van der Waals surface area (Å²) in [5.41, 5.74) is 2.18. The zero-order chi connectivity index (χ0) is 15.7. The number of carbonyl (C=O) groups is 1. The van der Waals surface area contributed by atoms with Gasteiger partial charge in [0.05, 0.1) is 0 Å². The van der Waals surface area contributed by atoms with Crippen LogP contribution in [-0.4, -0.2) is 16.5 Å². The second kappa shape index (κ2) is 5.74. The lowest BCUT2D eigenvalue weighted by molar-refractivity contribution is -0.114. The van der Waals surface area contributed by atoms with E-state index >= 15 is 0 Å². The molecule has 0 fully saturated rings. The van der Waals surface area contributed by atoms with Crippen LogP contribution in [0.15, 0.2) is 85.0 Å². The first-order chi connectivity index (χ1) is 11.3. The lowest BCUT2D eigenvalue weighted by Crippen LogP contribution is -2.49. The van der Waals surface area contributed by atoms with E-state index in [4.69, 9.17) is 0 Å². The molecular formula is C20H17NOS. The topological polar surface area (TPSA) is 20.3 Å². The van der Waals surface area contributed by atoms with Crippen LogP contribution in [0.3, 0.4) is 0 Å². The van der Waals surface area contributed by atoms with Gasteiger partial charge in [-0.15, -0.1) is 11.8 Å². The first-order valence-electron chi connectivity index (χ1n) is 7.75. The molecule has 2 aliphatic heterocycles. The van der Waals surface area contributed by atoms with Gasteiger partial charge in [-0.3, -0.25) is 9.69 Å². The Morgan fingerprint density at radius 3 is 2.43 bits per heavy atom. The predicted octanol–water partition coefficient (Wildman–Crippen LogP) is 4.37. The third kappa shape index (κ3) is 2.32. The van der Waals surface area contributed by atoms with Gasteiger partial charge in [0.2, 0.25) is 0 Å². The van der Waals surface area contributed by atoms with E-state index in [2.05, 4.69) is 42.5 Å². The van der Waals surface area contributed by atoms with Crippen LogP contribution in [0.4, 0.5) is 5.69 Å². The molecular weight excluding hydrogens is 302 g/mol. The molecule has 4 rings (SSSR count). The van der Waals surface area contributed by atoms with Crippen LogP contribution in [0.2, 0.25) is 0 Å². The van der Waals surface area contributed by atoms with Crippen LogP contribution in [0.25, 0.3) is 0 Å². The highest BCUT2D eigenvalue weighted by atomic mass is 32.2. The molecule has 2 aromatic carbocycles. The number of hydrogen-bond donors (Lipinski definition) is 0.